The number of anilines is 1. The number of amides is 2. The molecule has 2 aliphatic heterocycles. The van der Waals surface area contributed by atoms with Crippen LogP contribution in [-0.4, -0.2) is 58.8 Å². The van der Waals surface area contributed by atoms with E-state index in [9.17, 15) is 4.79 Å². The molecule has 4 rings (SSSR count). The number of nitrogens with zero attached hydrogens (tertiary/aromatic N) is 4. The number of hydrogen-bond donors (Lipinski definition) is 1. The van der Waals surface area contributed by atoms with Crippen LogP contribution in [0.1, 0.15) is 19.3 Å². The molecule has 0 saturated carbocycles. The minimum Gasteiger partial charge on any atom is -0.324 e. The molecule has 1 atom stereocenters. The van der Waals surface area contributed by atoms with E-state index in [2.05, 4.69) is 22.4 Å². The van der Waals surface area contributed by atoms with Crippen molar-refractivity contribution in [2.24, 2.45) is 5.41 Å². The molecule has 1 aromatic heterocycles. The lowest BCUT2D eigenvalue weighted by Gasteiger charge is -2.38. The van der Waals surface area contributed by atoms with E-state index in [4.69, 9.17) is 11.6 Å². The fourth-order valence-corrected chi connectivity index (χ4v) is 4.55. The first-order valence-electron chi connectivity index (χ1n) is 9.09. The third kappa shape index (κ3) is 3.44. The van der Waals surface area contributed by atoms with Crippen molar-refractivity contribution < 1.29 is 4.79 Å². The number of carbonyl (C=O) groups excluding carboxylic acids is 1. The second kappa shape index (κ2) is 6.93. The minimum atomic E-state index is -0.0435. The number of likely N-dealkylation sites (tertiary alicyclic amines) is 2. The normalized spacial score (nSPS) is 23.5. The average molecular weight is 374 g/mol. The van der Waals surface area contributed by atoms with Crippen LogP contribution in [0.2, 0.25) is 5.02 Å². The summed E-state index contributed by atoms with van der Waals surface area (Å²) in [6, 6.07) is 7.31. The quantitative estimate of drug-likeness (QED) is 0.876. The molecule has 2 aliphatic rings. The summed E-state index contributed by atoms with van der Waals surface area (Å²) in [5.74, 6) is 0. The molecular weight excluding hydrogens is 350 g/mol. The van der Waals surface area contributed by atoms with Gasteiger partial charge in [-0.2, -0.15) is 5.10 Å². The maximum Gasteiger partial charge on any atom is 0.321 e. The Bertz CT molecular complexity index is 793. The van der Waals surface area contributed by atoms with Crippen molar-refractivity contribution in [2.75, 3.05) is 38.5 Å². The van der Waals surface area contributed by atoms with Gasteiger partial charge in [0.1, 0.15) is 0 Å². The lowest BCUT2D eigenvalue weighted by molar-refractivity contribution is 0.117. The van der Waals surface area contributed by atoms with Gasteiger partial charge in [-0.25, -0.2) is 9.48 Å². The zero-order valence-electron chi connectivity index (χ0n) is 15.0. The molecule has 2 saturated heterocycles. The van der Waals surface area contributed by atoms with Crippen molar-refractivity contribution in [3.8, 4) is 5.69 Å². The summed E-state index contributed by atoms with van der Waals surface area (Å²) in [6.45, 7) is 3.90. The van der Waals surface area contributed by atoms with Crippen LogP contribution < -0.4 is 5.32 Å². The van der Waals surface area contributed by atoms with Crippen LogP contribution in [0.25, 0.3) is 5.69 Å². The summed E-state index contributed by atoms with van der Waals surface area (Å²) in [4.78, 5) is 17.0. The number of hydrogen-bond acceptors (Lipinski definition) is 3. The molecule has 6 nitrogen and oxygen atoms in total. The number of urea groups is 1. The van der Waals surface area contributed by atoms with Gasteiger partial charge in [0.15, 0.2) is 0 Å². The first-order valence-corrected chi connectivity index (χ1v) is 9.47. The largest absolute Gasteiger partial charge is 0.324 e. The first kappa shape index (κ1) is 17.4. The molecule has 2 aromatic rings. The van der Waals surface area contributed by atoms with Gasteiger partial charge in [-0.05, 0) is 57.1 Å². The molecule has 7 heteroatoms. The Hall–Kier alpha value is -2.05. The molecule has 0 aliphatic carbocycles. The van der Waals surface area contributed by atoms with Crippen LogP contribution in [0.4, 0.5) is 10.5 Å². The molecule has 138 valence electrons. The van der Waals surface area contributed by atoms with Crippen LogP contribution in [0.3, 0.4) is 0 Å². The lowest BCUT2D eigenvalue weighted by atomic mass is 9.79. The molecular formula is C19H24ClN5O. The summed E-state index contributed by atoms with van der Waals surface area (Å²) in [5, 5.41) is 7.73. The fourth-order valence-electron chi connectivity index (χ4n) is 4.28. The highest BCUT2D eigenvalue weighted by atomic mass is 35.5. The fraction of sp³-hybridized carbons (Fsp3) is 0.474. The Labute approximate surface area is 158 Å². The Balaban J connectivity index is 1.42. The predicted octanol–water partition coefficient (Wildman–Crippen LogP) is 3.48. The standard InChI is InChI=1S/C19H24ClN5O/c1-23-9-2-6-19(13-23)7-11-24(14-19)18(26)22-15-4-5-17(16(20)12-15)25-10-3-8-21-25/h3-5,8,10,12H,2,6-7,9,11,13-14H2,1H3,(H,22,26). The molecule has 2 fully saturated rings. The summed E-state index contributed by atoms with van der Waals surface area (Å²) in [6.07, 6.45) is 7.06. The highest BCUT2D eigenvalue weighted by Gasteiger charge is 2.42. The molecule has 26 heavy (non-hydrogen) atoms. The van der Waals surface area contributed by atoms with Crippen molar-refractivity contribution in [3.63, 3.8) is 0 Å². The van der Waals surface area contributed by atoms with E-state index in [0.717, 1.165) is 38.3 Å². The van der Waals surface area contributed by atoms with E-state index in [1.807, 2.05) is 29.3 Å². The number of nitrogens with one attached hydrogen (secondary N) is 1. The number of carbonyl (C=O) groups is 1. The Morgan fingerprint density at radius 1 is 1.27 bits per heavy atom. The molecule has 3 heterocycles. The van der Waals surface area contributed by atoms with Gasteiger partial charge >= 0.3 is 6.03 Å². The van der Waals surface area contributed by atoms with E-state index in [0.29, 0.717) is 10.7 Å². The topological polar surface area (TPSA) is 53.4 Å². The van der Waals surface area contributed by atoms with Gasteiger partial charge in [0.25, 0.3) is 0 Å². The summed E-state index contributed by atoms with van der Waals surface area (Å²) in [5.41, 5.74) is 1.77. The molecule has 0 radical (unpaired) electrons. The molecule has 2 amide bonds. The summed E-state index contributed by atoms with van der Waals surface area (Å²) < 4.78 is 1.71. The van der Waals surface area contributed by atoms with E-state index >= 15 is 0 Å². The van der Waals surface area contributed by atoms with E-state index in [-0.39, 0.29) is 11.4 Å². The van der Waals surface area contributed by atoms with Crippen molar-refractivity contribution in [2.45, 2.75) is 19.3 Å². The van der Waals surface area contributed by atoms with Crippen molar-refractivity contribution in [3.05, 3.63) is 41.7 Å². The molecule has 1 aromatic carbocycles. The van der Waals surface area contributed by atoms with Gasteiger partial charge < -0.3 is 15.1 Å². The number of rotatable bonds is 2. The molecule has 1 unspecified atom stereocenters. The van der Waals surface area contributed by atoms with Crippen molar-refractivity contribution in [1.29, 1.82) is 0 Å². The Kier molecular flexibility index (Phi) is 4.63. The zero-order valence-corrected chi connectivity index (χ0v) is 15.7. The highest BCUT2D eigenvalue weighted by Crippen LogP contribution is 2.38. The average Bonchev–Trinajstić information content (AvgIpc) is 3.25. The number of halogens is 1. The van der Waals surface area contributed by atoms with Crippen LogP contribution in [0.15, 0.2) is 36.7 Å². The van der Waals surface area contributed by atoms with Crippen molar-refractivity contribution in [1.82, 2.24) is 19.6 Å². The van der Waals surface area contributed by atoms with Gasteiger partial charge in [0, 0.05) is 43.1 Å². The Morgan fingerprint density at radius 2 is 2.15 bits per heavy atom. The summed E-state index contributed by atoms with van der Waals surface area (Å²) in [7, 11) is 2.17. The van der Waals surface area contributed by atoms with E-state index < -0.39 is 0 Å². The van der Waals surface area contributed by atoms with Crippen LogP contribution in [0.5, 0.6) is 0 Å². The number of benzene rings is 1. The molecule has 0 bridgehead atoms. The minimum absolute atomic E-state index is 0.0435. The van der Waals surface area contributed by atoms with Crippen LogP contribution in [0, 0.1) is 5.41 Å². The van der Waals surface area contributed by atoms with Gasteiger partial charge in [0.05, 0.1) is 10.7 Å². The van der Waals surface area contributed by atoms with E-state index in [1.54, 1.807) is 16.9 Å². The number of piperidine rings is 1. The third-order valence-corrected chi connectivity index (χ3v) is 5.83. The number of aromatic nitrogens is 2. The lowest BCUT2D eigenvalue weighted by Crippen LogP contribution is -2.44. The van der Waals surface area contributed by atoms with Gasteiger partial charge in [-0.3, -0.25) is 0 Å². The van der Waals surface area contributed by atoms with Crippen LogP contribution >= 0.6 is 11.6 Å². The van der Waals surface area contributed by atoms with Gasteiger partial charge in [-0.1, -0.05) is 11.6 Å². The van der Waals surface area contributed by atoms with Crippen LogP contribution in [-0.2, 0) is 0 Å². The van der Waals surface area contributed by atoms with Gasteiger partial charge in [-0.15, -0.1) is 0 Å². The molecule has 1 spiro atoms. The molecule has 1 N–H and O–H groups in total. The Morgan fingerprint density at radius 3 is 2.88 bits per heavy atom. The predicted molar refractivity (Wildman–Crippen MR) is 103 cm³/mol. The smallest absolute Gasteiger partial charge is 0.321 e. The first-order chi connectivity index (χ1) is 12.5. The van der Waals surface area contributed by atoms with Gasteiger partial charge in [0.2, 0.25) is 0 Å². The van der Waals surface area contributed by atoms with E-state index in [1.165, 1.54) is 12.8 Å². The maximum atomic E-state index is 12.7. The second-order valence-corrected chi connectivity index (χ2v) is 7.97. The zero-order chi connectivity index (χ0) is 18.1. The monoisotopic (exact) mass is 373 g/mol. The summed E-state index contributed by atoms with van der Waals surface area (Å²) >= 11 is 6.37. The second-order valence-electron chi connectivity index (χ2n) is 7.56. The maximum absolute atomic E-state index is 12.7. The van der Waals surface area contributed by atoms with Crippen molar-refractivity contribution >= 4 is 23.3 Å². The SMILES string of the molecule is CN1CCCC2(CCN(C(=O)Nc3ccc(-n4cccn4)c(Cl)c3)C2)C1. The third-order valence-electron chi connectivity index (χ3n) is 5.53. The highest BCUT2D eigenvalue weighted by molar-refractivity contribution is 6.32.